The van der Waals surface area contributed by atoms with E-state index in [0.29, 0.717) is 64.2 Å². The number of phosphoric acid groups is 1. The van der Waals surface area contributed by atoms with Crippen molar-refractivity contribution in [3.63, 3.8) is 0 Å². The van der Waals surface area contributed by atoms with Crippen LogP contribution in [0.3, 0.4) is 0 Å². The summed E-state index contributed by atoms with van der Waals surface area (Å²) in [5.74, 6) is 3.27. The van der Waals surface area contributed by atoms with Gasteiger partial charge in [0.15, 0.2) is 0 Å². The first-order chi connectivity index (χ1) is 19.5. The first kappa shape index (κ1) is 44.6. The van der Waals surface area contributed by atoms with Crippen LogP contribution in [0.4, 0.5) is 0 Å². The topological polar surface area (TPSA) is 241 Å². The zero-order valence-corrected chi connectivity index (χ0v) is 30.4. The molecule has 0 saturated carbocycles. The van der Waals surface area contributed by atoms with E-state index in [0.717, 1.165) is 56.5 Å². The van der Waals surface area contributed by atoms with Gasteiger partial charge in [-0.25, -0.2) is 9.09 Å². The van der Waals surface area contributed by atoms with E-state index < -0.39 is 15.6 Å². The Kier molecular flexibility index (Phi) is 31.9. The van der Waals surface area contributed by atoms with Crippen molar-refractivity contribution in [2.45, 2.75) is 51.4 Å². The van der Waals surface area contributed by atoms with E-state index in [2.05, 4.69) is 19.0 Å². The molecule has 0 aliphatic rings. The van der Waals surface area contributed by atoms with Crippen LogP contribution in [0.1, 0.15) is 51.4 Å². The van der Waals surface area contributed by atoms with Crippen molar-refractivity contribution in [3.05, 3.63) is 0 Å². The zero-order chi connectivity index (χ0) is 30.7. The van der Waals surface area contributed by atoms with Crippen molar-refractivity contribution in [2.24, 2.45) is 21.5 Å². The minimum absolute atomic E-state index is 0. The summed E-state index contributed by atoms with van der Waals surface area (Å²) in [6.45, 7) is 3.20. The number of nitrogens with zero attached hydrogens (tertiary/aromatic N) is 2. The third kappa shape index (κ3) is 38.5. The maximum absolute atomic E-state index is 10.6. The monoisotopic (exact) mass is 855 g/mol. The average molecular weight is 856 g/mol. The molecule has 20 heteroatoms. The summed E-state index contributed by atoms with van der Waals surface area (Å²) in [7, 11) is -4.92. The van der Waals surface area contributed by atoms with Gasteiger partial charge in [-0.1, -0.05) is 34.4 Å². The average Bonchev–Trinajstić information content (AvgIpc) is 2.88. The molecule has 0 amide bonds. The van der Waals surface area contributed by atoms with Gasteiger partial charge in [-0.3, -0.25) is 19.4 Å². The fourth-order valence-corrected chi connectivity index (χ4v) is 5.75. The first-order valence-corrected chi connectivity index (χ1v) is 19.1. The first-order valence-electron chi connectivity index (χ1n) is 13.5. The molecule has 250 valence electrons. The van der Waals surface area contributed by atoms with Gasteiger partial charge in [0, 0.05) is 52.0 Å². The van der Waals surface area contributed by atoms with Crippen LogP contribution in [0.25, 0.3) is 0 Å². The van der Waals surface area contributed by atoms with Crippen molar-refractivity contribution in [1.82, 2.24) is 0 Å². The Labute approximate surface area is 271 Å². The Morgan fingerprint density at radius 1 is 0.643 bits per heavy atom. The largest absolute Gasteiger partial charge is 0.631 e. The van der Waals surface area contributed by atoms with Gasteiger partial charge in [0.2, 0.25) is 0 Å². The van der Waals surface area contributed by atoms with Crippen molar-refractivity contribution < 1.29 is 73.0 Å². The smallest absolute Gasteiger partial charge is 0.387 e. The normalized spacial score (nSPS) is 14.1. The van der Waals surface area contributed by atoms with E-state index in [4.69, 9.17) is 45.3 Å². The molecule has 0 saturated heterocycles. The number of hydrogen-bond donors (Lipinski definition) is 5. The van der Waals surface area contributed by atoms with Crippen molar-refractivity contribution in [1.29, 1.82) is 0 Å². The molecular formula is C22H49N4O11P2S2W+. The minimum Gasteiger partial charge on any atom is -0.387 e. The second-order valence-corrected chi connectivity index (χ2v) is 13.8. The Morgan fingerprint density at radius 2 is 1.12 bits per heavy atom. The Hall–Kier alpha value is 0.428. The summed E-state index contributed by atoms with van der Waals surface area (Å²) >= 11 is 0. The van der Waals surface area contributed by atoms with E-state index >= 15 is 0 Å². The van der Waals surface area contributed by atoms with Crippen LogP contribution in [0, 0.1) is 0 Å². The number of nitrogens with two attached hydrogens (primary N) is 2. The predicted octanol–water partition coefficient (Wildman–Crippen LogP) is 2.20. The third-order valence-corrected chi connectivity index (χ3v) is 8.45. The van der Waals surface area contributed by atoms with Gasteiger partial charge < -0.3 is 40.4 Å². The van der Waals surface area contributed by atoms with Crippen LogP contribution in [0.2, 0.25) is 0 Å². The Morgan fingerprint density at radius 3 is 1.64 bits per heavy atom. The standard InChI is InChI=1S/C22H48N4O11P2S2.W/c23-21(25-9-3-1-2-4-11-36-38(27,28)29)7-5-19-40-41-20-6-8-22(24)26-10-12-33-13-14-34-15-16-35-17-18-37-39(30,31)32;/h1-20H2,(H2,23,25)(H2,24,26)(H2,27,28,29)(H2,30,31,32);/p+1. The molecule has 0 fully saturated rings. The van der Waals surface area contributed by atoms with Crippen molar-refractivity contribution in [3.8, 4) is 0 Å². The zero-order valence-electron chi connectivity index (χ0n) is 24.0. The maximum Gasteiger partial charge on any atom is 0.631 e. The fraction of sp³-hybridized carbons (Fsp3) is 0.909. The predicted molar refractivity (Wildman–Crippen MR) is 165 cm³/mol. The molecule has 0 aromatic heterocycles. The molecule has 0 aromatic carbocycles. The van der Waals surface area contributed by atoms with Crippen LogP contribution in [0.5, 0.6) is 0 Å². The number of aliphatic imine (C=N–C) groups is 2. The summed E-state index contributed by atoms with van der Waals surface area (Å²) in [6, 6.07) is 0. The van der Waals surface area contributed by atoms with Gasteiger partial charge in [0.1, 0.15) is 0 Å². The molecule has 0 aromatic rings. The number of phosphoric ester groups is 1. The third-order valence-electron chi connectivity index (χ3n) is 4.82. The summed E-state index contributed by atoms with van der Waals surface area (Å²) in [6.07, 6.45) is 6.68. The number of hydrogen-bond acceptors (Lipinski definition) is 11. The Bertz CT molecular complexity index is 795. The van der Waals surface area contributed by atoms with Gasteiger partial charge in [-0.2, -0.15) is 4.57 Å². The molecule has 0 rings (SSSR count). The Balaban J connectivity index is 0. The molecule has 1 unspecified atom stereocenters. The molecule has 42 heavy (non-hydrogen) atoms. The van der Waals surface area contributed by atoms with Crippen LogP contribution < -0.4 is 11.5 Å². The van der Waals surface area contributed by atoms with Gasteiger partial charge in [-0.15, -0.1) is 0 Å². The van der Waals surface area contributed by atoms with E-state index in [1.807, 2.05) is 21.6 Å². The molecule has 0 aliphatic carbocycles. The summed E-state index contributed by atoms with van der Waals surface area (Å²) in [5.41, 5.74) is 11.9. The van der Waals surface area contributed by atoms with Gasteiger partial charge in [-0.05, 0) is 25.7 Å². The van der Waals surface area contributed by atoms with Crippen LogP contribution in [-0.4, -0.2) is 109 Å². The number of ether oxygens (including phenoxy) is 3. The van der Waals surface area contributed by atoms with Gasteiger partial charge in [0.25, 0.3) is 0 Å². The summed E-state index contributed by atoms with van der Waals surface area (Å²) in [4.78, 5) is 41.2. The van der Waals surface area contributed by atoms with Crippen LogP contribution in [-0.2, 0) is 53.5 Å². The molecule has 9 N–H and O–H groups in total. The van der Waals surface area contributed by atoms with Crippen LogP contribution >= 0.6 is 37.2 Å². The van der Waals surface area contributed by atoms with E-state index in [1.165, 1.54) is 0 Å². The molecular weight excluding hydrogens is 806 g/mol. The second kappa shape index (κ2) is 30.1. The number of amidine groups is 2. The SMILES string of the molecule is NC(CCCSSCCCC(N)=NCCOCCOCCOCCOP(=O)(O)[OH2+])=NCCCCCCOP(=O)(O)O.[W]. The van der Waals surface area contributed by atoms with E-state index in [-0.39, 0.29) is 40.9 Å². The van der Waals surface area contributed by atoms with Crippen molar-refractivity contribution in [2.75, 3.05) is 77.5 Å². The molecule has 0 bridgehead atoms. The molecule has 0 aliphatic heterocycles. The summed E-state index contributed by atoms with van der Waals surface area (Å²) in [5, 5.41) is 0. The van der Waals surface area contributed by atoms with E-state index in [9.17, 15) is 9.13 Å². The van der Waals surface area contributed by atoms with E-state index in [1.54, 1.807) is 0 Å². The quantitative estimate of drug-likeness (QED) is 0.0174. The van der Waals surface area contributed by atoms with Gasteiger partial charge >= 0.3 is 15.6 Å². The van der Waals surface area contributed by atoms with Crippen molar-refractivity contribution >= 4 is 48.9 Å². The number of rotatable bonds is 30. The summed E-state index contributed by atoms with van der Waals surface area (Å²) < 4.78 is 45.8. The molecule has 0 radical (unpaired) electrons. The second-order valence-electron chi connectivity index (χ2n) is 8.53. The van der Waals surface area contributed by atoms with Gasteiger partial charge in [0.05, 0.1) is 71.1 Å². The molecule has 0 heterocycles. The van der Waals surface area contributed by atoms with Crippen LogP contribution in [0.15, 0.2) is 9.98 Å². The molecule has 1 atom stereocenters. The fourth-order valence-electron chi connectivity index (χ4n) is 2.89. The molecule has 15 nitrogen and oxygen atoms in total. The number of unbranched alkanes of at least 4 members (excludes halogenated alkanes) is 3. The minimum atomic E-state index is -4.35. The molecule has 0 spiro atoms. The maximum atomic E-state index is 10.6.